The van der Waals surface area contributed by atoms with Crippen molar-refractivity contribution < 1.29 is 27.9 Å². The molecule has 4 nitrogen and oxygen atoms in total. The lowest BCUT2D eigenvalue weighted by atomic mass is 10.1. The van der Waals surface area contributed by atoms with Crippen LogP contribution in [0.1, 0.15) is 18.4 Å². The second kappa shape index (κ2) is 5.52. The first-order valence-electron chi connectivity index (χ1n) is 6.06. The minimum absolute atomic E-state index is 0.265. The molecule has 0 bridgehead atoms. The maximum Gasteiger partial charge on any atom is 0.326 e. The highest BCUT2D eigenvalue weighted by Crippen LogP contribution is 2.20. The molecule has 0 unspecified atom stereocenters. The van der Waals surface area contributed by atoms with Crippen LogP contribution in [-0.2, 0) is 16.0 Å². The van der Waals surface area contributed by atoms with Gasteiger partial charge in [0.05, 0.1) is 6.42 Å². The van der Waals surface area contributed by atoms with Gasteiger partial charge in [-0.05, 0) is 18.9 Å². The number of hydrogen-bond donors (Lipinski definition) is 1. The van der Waals surface area contributed by atoms with E-state index in [0.717, 1.165) is 4.90 Å². The minimum Gasteiger partial charge on any atom is -0.480 e. The number of carboxylic acids is 1. The van der Waals surface area contributed by atoms with Crippen LogP contribution in [0.4, 0.5) is 13.2 Å². The summed E-state index contributed by atoms with van der Waals surface area (Å²) in [6, 6.07) is 0.0567. The molecule has 1 saturated heterocycles. The van der Waals surface area contributed by atoms with Gasteiger partial charge in [0.1, 0.15) is 11.9 Å². The first kappa shape index (κ1) is 14.4. The van der Waals surface area contributed by atoms with Gasteiger partial charge in [0.15, 0.2) is 11.6 Å². The molecule has 1 aliphatic rings. The summed E-state index contributed by atoms with van der Waals surface area (Å²) in [4.78, 5) is 24.0. The van der Waals surface area contributed by atoms with Crippen LogP contribution in [0.15, 0.2) is 12.1 Å². The van der Waals surface area contributed by atoms with E-state index < -0.39 is 41.8 Å². The van der Waals surface area contributed by atoms with Crippen molar-refractivity contribution >= 4 is 11.9 Å². The van der Waals surface area contributed by atoms with Crippen molar-refractivity contribution in [3.8, 4) is 0 Å². The van der Waals surface area contributed by atoms with Crippen molar-refractivity contribution in [1.29, 1.82) is 0 Å². The fourth-order valence-electron chi connectivity index (χ4n) is 2.29. The van der Waals surface area contributed by atoms with Crippen molar-refractivity contribution in [3.63, 3.8) is 0 Å². The smallest absolute Gasteiger partial charge is 0.326 e. The number of carbonyl (C=O) groups excluding carboxylic acids is 1. The van der Waals surface area contributed by atoms with E-state index in [2.05, 4.69) is 0 Å². The molecule has 2 rings (SSSR count). The monoisotopic (exact) mass is 287 g/mol. The molecule has 1 atom stereocenters. The predicted octanol–water partition coefficient (Wildman–Crippen LogP) is 1.72. The van der Waals surface area contributed by atoms with E-state index in [1.807, 2.05) is 0 Å². The minimum atomic E-state index is -1.33. The van der Waals surface area contributed by atoms with Crippen LogP contribution in [0.5, 0.6) is 0 Å². The first-order valence-corrected chi connectivity index (χ1v) is 6.06. The Labute approximate surface area is 112 Å². The Balaban J connectivity index is 2.16. The molecule has 1 aromatic rings. The van der Waals surface area contributed by atoms with Crippen LogP contribution >= 0.6 is 0 Å². The summed E-state index contributed by atoms with van der Waals surface area (Å²) in [7, 11) is 0. The van der Waals surface area contributed by atoms with E-state index in [0.29, 0.717) is 25.0 Å². The molecule has 20 heavy (non-hydrogen) atoms. The maximum absolute atomic E-state index is 13.4. The number of aliphatic carboxylic acids is 1. The molecule has 1 N–H and O–H groups in total. The van der Waals surface area contributed by atoms with Crippen molar-refractivity contribution in [2.24, 2.45) is 0 Å². The molecule has 0 aromatic heterocycles. The van der Waals surface area contributed by atoms with Gasteiger partial charge >= 0.3 is 5.97 Å². The van der Waals surface area contributed by atoms with Gasteiger partial charge in [0.25, 0.3) is 0 Å². The third kappa shape index (κ3) is 2.76. The Kier molecular flexibility index (Phi) is 3.96. The van der Waals surface area contributed by atoms with Gasteiger partial charge in [-0.25, -0.2) is 18.0 Å². The molecule has 0 radical (unpaired) electrons. The fraction of sp³-hybridized carbons (Fsp3) is 0.385. The number of carboxylic acid groups (broad SMARTS) is 1. The lowest BCUT2D eigenvalue weighted by Gasteiger charge is -2.21. The number of hydrogen-bond acceptors (Lipinski definition) is 2. The number of rotatable bonds is 3. The largest absolute Gasteiger partial charge is 0.480 e. The molecular formula is C13H12F3NO3. The Morgan fingerprint density at radius 3 is 2.50 bits per heavy atom. The highest BCUT2D eigenvalue weighted by Gasteiger charge is 2.34. The van der Waals surface area contributed by atoms with E-state index in [1.54, 1.807) is 0 Å². The molecule has 1 heterocycles. The van der Waals surface area contributed by atoms with Gasteiger partial charge in [0.2, 0.25) is 5.91 Å². The summed E-state index contributed by atoms with van der Waals surface area (Å²) in [5.74, 6) is -5.33. The molecule has 108 valence electrons. The summed E-state index contributed by atoms with van der Waals surface area (Å²) >= 11 is 0. The number of likely N-dealkylation sites (tertiary alicyclic amines) is 1. The van der Waals surface area contributed by atoms with Crippen LogP contribution in [-0.4, -0.2) is 34.5 Å². The van der Waals surface area contributed by atoms with Crippen molar-refractivity contribution in [2.75, 3.05) is 6.54 Å². The van der Waals surface area contributed by atoms with Crippen LogP contribution in [0.25, 0.3) is 0 Å². The summed E-state index contributed by atoms with van der Waals surface area (Å²) in [6.45, 7) is 0.265. The molecule has 1 amide bonds. The number of benzene rings is 1. The zero-order valence-electron chi connectivity index (χ0n) is 10.4. The average molecular weight is 287 g/mol. The fourth-order valence-corrected chi connectivity index (χ4v) is 2.29. The molecule has 1 aliphatic heterocycles. The van der Waals surface area contributed by atoms with Gasteiger partial charge in [-0.2, -0.15) is 0 Å². The molecule has 0 saturated carbocycles. The van der Waals surface area contributed by atoms with Crippen molar-refractivity contribution in [1.82, 2.24) is 4.90 Å². The maximum atomic E-state index is 13.4. The van der Waals surface area contributed by atoms with E-state index >= 15 is 0 Å². The van der Waals surface area contributed by atoms with Gasteiger partial charge in [0, 0.05) is 18.2 Å². The molecule has 0 aliphatic carbocycles. The number of amides is 1. The lowest BCUT2D eigenvalue weighted by Crippen LogP contribution is -2.41. The van der Waals surface area contributed by atoms with Gasteiger partial charge in [-0.15, -0.1) is 0 Å². The van der Waals surface area contributed by atoms with E-state index in [-0.39, 0.29) is 12.1 Å². The SMILES string of the molecule is O=C(O)[C@@H]1CCCN1C(=O)Cc1cc(F)c(F)cc1F. The zero-order valence-corrected chi connectivity index (χ0v) is 10.4. The second-order valence-corrected chi connectivity index (χ2v) is 4.62. The summed E-state index contributed by atoms with van der Waals surface area (Å²) in [6.07, 6.45) is 0.386. The van der Waals surface area contributed by atoms with E-state index in [9.17, 15) is 22.8 Å². The molecule has 1 aromatic carbocycles. The van der Waals surface area contributed by atoms with Crippen molar-refractivity contribution in [2.45, 2.75) is 25.3 Å². The van der Waals surface area contributed by atoms with Crippen LogP contribution in [0, 0.1) is 17.5 Å². The van der Waals surface area contributed by atoms with Crippen LogP contribution in [0.3, 0.4) is 0 Å². The number of nitrogens with zero attached hydrogens (tertiary/aromatic N) is 1. The molecule has 0 spiro atoms. The summed E-state index contributed by atoms with van der Waals surface area (Å²) in [5, 5.41) is 8.96. The standard InChI is InChI=1S/C13H12F3NO3/c14-8-6-10(16)9(15)4-7(8)5-12(18)17-3-1-2-11(17)13(19)20/h4,6,11H,1-3,5H2,(H,19,20)/t11-/m0/s1. The van der Waals surface area contributed by atoms with Gasteiger partial charge < -0.3 is 10.0 Å². The summed E-state index contributed by atoms with van der Waals surface area (Å²) < 4.78 is 39.2. The van der Waals surface area contributed by atoms with Crippen LogP contribution < -0.4 is 0 Å². The number of carbonyl (C=O) groups is 2. The molecule has 7 heteroatoms. The van der Waals surface area contributed by atoms with Gasteiger partial charge in [-0.3, -0.25) is 4.79 Å². The third-order valence-electron chi connectivity index (χ3n) is 3.29. The topological polar surface area (TPSA) is 57.6 Å². The van der Waals surface area contributed by atoms with Crippen molar-refractivity contribution in [3.05, 3.63) is 35.1 Å². The Morgan fingerprint density at radius 2 is 1.85 bits per heavy atom. The highest BCUT2D eigenvalue weighted by atomic mass is 19.2. The Morgan fingerprint density at radius 1 is 1.20 bits per heavy atom. The molecule has 1 fully saturated rings. The van der Waals surface area contributed by atoms with E-state index in [4.69, 9.17) is 5.11 Å². The second-order valence-electron chi connectivity index (χ2n) is 4.62. The molecular weight excluding hydrogens is 275 g/mol. The normalized spacial score (nSPS) is 18.4. The number of halogens is 3. The first-order chi connectivity index (χ1) is 9.40. The Bertz CT molecular complexity index is 562. The highest BCUT2D eigenvalue weighted by molar-refractivity contribution is 5.85. The van der Waals surface area contributed by atoms with Crippen LogP contribution in [0.2, 0.25) is 0 Å². The third-order valence-corrected chi connectivity index (χ3v) is 3.29. The predicted molar refractivity (Wildman–Crippen MR) is 62.4 cm³/mol. The van der Waals surface area contributed by atoms with Gasteiger partial charge in [-0.1, -0.05) is 0 Å². The lowest BCUT2D eigenvalue weighted by molar-refractivity contribution is -0.148. The quantitative estimate of drug-likeness (QED) is 0.861. The van der Waals surface area contributed by atoms with E-state index in [1.165, 1.54) is 0 Å². The summed E-state index contributed by atoms with van der Waals surface area (Å²) in [5.41, 5.74) is -0.287. The zero-order chi connectivity index (χ0) is 14.9. The Hall–Kier alpha value is -2.05. The average Bonchev–Trinajstić information content (AvgIpc) is 2.85.